The van der Waals surface area contributed by atoms with Crippen molar-refractivity contribution < 1.29 is 8.60 Å². The molecule has 0 bridgehead atoms. The van der Waals surface area contributed by atoms with Gasteiger partial charge in [-0.05, 0) is 36.6 Å². The van der Waals surface area contributed by atoms with E-state index < -0.39 is 10.8 Å². The molecule has 1 aromatic carbocycles. The predicted molar refractivity (Wildman–Crippen MR) is 76.4 cm³/mol. The van der Waals surface area contributed by atoms with Crippen LogP contribution in [-0.2, 0) is 17.3 Å². The molecule has 5 heteroatoms. The number of anilines is 1. The molecule has 19 heavy (non-hydrogen) atoms. The fourth-order valence-corrected chi connectivity index (χ4v) is 3.48. The highest BCUT2D eigenvalue weighted by molar-refractivity contribution is 7.85. The summed E-state index contributed by atoms with van der Waals surface area (Å²) in [4.78, 5) is 2.23. The molecule has 104 valence electrons. The van der Waals surface area contributed by atoms with Crippen LogP contribution in [0.4, 0.5) is 10.1 Å². The number of hydrogen-bond acceptors (Lipinski definition) is 3. The van der Waals surface area contributed by atoms with Crippen molar-refractivity contribution in [1.29, 1.82) is 0 Å². The van der Waals surface area contributed by atoms with Crippen LogP contribution in [0.25, 0.3) is 0 Å². The Morgan fingerprint density at radius 1 is 1.32 bits per heavy atom. The van der Waals surface area contributed by atoms with Gasteiger partial charge in [0.05, 0.1) is 0 Å². The van der Waals surface area contributed by atoms with E-state index in [0.717, 1.165) is 30.9 Å². The Labute approximate surface area is 115 Å². The maximum Gasteiger partial charge on any atom is 0.123 e. The molecule has 2 fully saturated rings. The number of halogens is 1. The van der Waals surface area contributed by atoms with Crippen molar-refractivity contribution >= 4 is 16.5 Å². The zero-order chi connectivity index (χ0) is 13.2. The van der Waals surface area contributed by atoms with Crippen LogP contribution in [0.2, 0.25) is 0 Å². The van der Waals surface area contributed by atoms with Gasteiger partial charge in [0.1, 0.15) is 5.82 Å². The lowest BCUT2D eigenvalue weighted by Gasteiger charge is -2.30. The molecule has 0 amide bonds. The third-order valence-electron chi connectivity index (χ3n) is 3.72. The summed E-state index contributed by atoms with van der Waals surface area (Å²) in [5.41, 5.74) is 2.10. The standard InChI is InChI=1S/C14H19FN2OS/c15-12-1-4-14(17-5-7-19(18)8-6-17)11(9-12)10-16-13-2-3-13/h1,4,9,13,16H,2-3,5-8,10H2. The summed E-state index contributed by atoms with van der Waals surface area (Å²) in [5.74, 6) is 1.25. The molecule has 0 aromatic heterocycles. The van der Waals surface area contributed by atoms with E-state index >= 15 is 0 Å². The van der Waals surface area contributed by atoms with E-state index in [4.69, 9.17) is 0 Å². The summed E-state index contributed by atoms with van der Waals surface area (Å²) in [6.45, 7) is 2.32. The van der Waals surface area contributed by atoms with Crippen molar-refractivity contribution in [2.75, 3.05) is 29.5 Å². The lowest BCUT2D eigenvalue weighted by molar-refractivity contribution is 0.618. The maximum atomic E-state index is 13.4. The molecular weight excluding hydrogens is 263 g/mol. The van der Waals surface area contributed by atoms with Gasteiger partial charge in [-0.3, -0.25) is 4.21 Å². The number of nitrogens with zero attached hydrogens (tertiary/aromatic N) is 1. The average molecular weight is 282 g/mol. The minimum Gasteiger partial charge on any atom is -0.369 e. The van der Waals surface area contributed by atoms with Crippen molar-refractivity contribution in [3.8, 4) is 0 Å². The van der Waals surface area contributed by atoms with Crippen molar-refractivity contribution in [3.63, 3.8) is 0 Å². The van der Waals surface area contributed by atoms with Gasteiger partial charge in [0.2, 0.25) is 0 Å². The van der Waals surface area contributed by atoms with E-state index in [1.807, 2.05) is 6.07 Å². The monoisotopic (exact) mass is 282 g/mol. The van der Waals surface area contributed by atoms with Gasteiger partial charge in [-0.25, -0.2) is 4.39 Å². The third-order valence-corrected chi connectivity index (χ3v) is 4.99. The smallest absolute Gasteiger partial charge is 0.123 e. The summed E-state index contributed by atoms with van der Waals surface area (Å²) in [6.07, 6.45) is 2.46. The van der Waals surface area contributed by atoms with Crippen molar-refractivity contribution in [3.05, 3.63) is 29.6 Å². The van der Waals surface area contributed by atoms with Crippen LogP contribution in [0.3, 0.4) is 0 Å². The summed E-state index contributed by atoms with van der Waals surface area (Å²) in [6, 6.07) is 5.61. The van der Waals surface area contributed by atoms with E-state index in [2.05, 4.69) is 10.2 Å². The van der Waals surface area contributed by atoms with Gasteiger partial charge in [-0.1, -0.05) is 0 Å². The van der Waals surface area contributed by atoms with Crippen LogP contribution >= 0.6 is 0 Å². The summed E-state index contributed by atoms with van der Waals surface area (Å²) in [7, 11) is -0.678. The Morgan fingerprint density at radius 3 is 2.74 bits per heavy atom. The average Bonchev–Trinajstić information content (AvgIpc) is 3.22. The number of benzene rings is 1. The van der Waals surface area contributed by atoms with Crippen LogP contribution in [0.1, 0.15) is 18.4 Å². The second-order valence-corrected chi connectivity index (χ2v) is 6.96. The van der Waals surface area contributed by atoms with Crippen LogP contribution < -0.4 is 10.2 Å². The van der Waals surface area contributed by atoms with Gasteiger partial charge in [0.15, 0.2) is 0 Å². The first-order chi connectivity index (χ1) is 9.22. The van der Waals surface area contributed by atoms with Crippen molar-refractivity contribution in [2.24, 2.45) is 0 Å². The molecule has 1 N–H and O–H groups in total. The molecule has 3 rings (SSSR count). The van der Waals surface area contributed by atoms with E-state index in [9.17, 15) is 8.60 Å². The molecule has 2 aliphatic rings. The molecule has 3 nitrogen and oxygen atoms in total. The minimum absolute atomic E-state index is 0.183. The Kier molecular flexibility index (Phi) is 3.84. The number of rotatable bonds is 4. The first kappa shape index (κ1) is 13.1. The molecular formula is C14H19FN2OS. The molecule has 1 saturated heterocycles. The van der Waals surface area contributed by atoms with Gasteiger partial charge >= 0.3 is 0 Å². The molecule has 1 aliphatic heterocycles. The van der Waals surface area contributed by atoms with Gasteiger partial charge in [-0.2, -0.15) is 0 Å². The van der Waals surface area contributed by atoms with Crippen LogP contribution in [0, 0.1) is 5.82 Å². The predicted octanol–water partition coefficient (Wildman–Crippen LogP) is 1.65. The second kappa shape index (κ2) is 5.59. The SMILES string of the molecule is O=S1CCN(c2ccc(F)cc2CNC2CC2)CC1. The van der Waals surface area contributed by atoms with Crippen molar-refractivity contribution in [2.45, 2.75) is 25.4 Å². The summed E-state index contributed by atoms with van der Waals surface area (Å²) in [5, 5.41) is 3.44. The zero-order valence-corrected chi connectivity index (χ0v) is 11.7. The molecule has 1 aromatic rings. The highest BCUT2D eigenvalue weighted by Gasteiger charge is 2.22. The summed E-state index contributed by atoms with van der Waals surface area (Å²) < 4.78 is 24.8. The molecule has 0 atom stereocenters. The maximum absolute atomic E-state index is 13.4. The van der Waals surface area contributed by atoms with E-state index in [-0.39, 0.29) is 5.82 Å². The zero-order valence-electron chi connectivity index (χ0n) is 10.9. The molecule has 0 radical (unpaired) electrons. The molecule has 0 unspecified atom stereocenters. The number of nitrogens with one attached hydrogen (secondary N) is 1. The molecule has 1 saturated carbocycles. The normalized spacial score (nSPS) is 20.8. The highest BCUT2D eigenvalue weighted by Crippen LogP contribution is 2.25. The van der Waals surface area contributed by atoms with Crippen LogP contribution in [0.5, 0.6) is 0 Å². The quantitative estimate of drug-likeness (QED) is 0.911. The second-order valence-electron chi connectivity index (χ2n) is 5.26. The largest absolute Gasteiger partial charge is 0.369 e. The van der Waals surface area contributed by atoms with Gasteiger partial charge in [-0.15, -0.1) is 0 Å². The van der Waals surface area contributed by atoms with Crippen molar-refractivity contribution in [1.82, 2.24) is 5.32 Å². The van der Waals surface area contributed by atoms with E-state index in [1.54, 1.807) is 6.07 Å². The Balaban J connectivity index is 1.76. The van der Waals surface area contributed by atoms with Crippen LogP contribution in [0.15, 0.2) is 18.2 Å². The van der Waals surface area contributed by atoms with Gasteiger partial charge in [0.25, 0.3) is 0 Å². The van der Waals surface area contributed by atoms with Gasteiger partial charge < -0.3 is 10.2 Å². The van der Waals surface area contributed by atoms with E-state index in [0.29, 0.717) is 17.5 Å². The molecule has 1 aliphatic carbocycles. The first-order valence-electron chi connectivity index (χ1n) is 6.84. The third kappa shape index (κ3) is 3.34. The Bertz CT molecular complexity index is 480. The fourth-order valence-electron chi connectivity index (χ4n) is 2.42. The van der Waals surface area contributed by atoms with Crippen LogP contribution in [-0.4, -0.2) is 34.8 Å². The summed E-state index contributed by atoms with van der Waals surface area (Å²) >= 11 is 0. The number of hydrogen-bond donors (Lipinski definition) is 1. The Morgan fingerprint density at radius 2 is 2.05 bits per heavy atom. The van der Waals surface area contributed by atoms with Gasteiger partial charge in [0, 0.05) is 53.7 Å². The minimum atomic E-state index is -0.678. The fraction of sp³-hybridized carbons (Fsp3) is 0.571. The molecule has 0 spiro atoms. The lowest BCUT2D eigenvalue weighted by atomic mass is 10.1. The first-order valence-corrected chi connectivity index (χ1v) is 8.33. The highest BCUT2D eigenvalue weighted by atomic mass is 32.2. The van der Waals surface area contributed by atoms with E-state index in [1.165, 1.54) is 18.9 Å². The topological polar surface area (TPSA) is 32.3 Å². The Hall–Kier alpha value is -0.940. The molecule has 1 heterocycles. The lowest BCUT2D eigenvalue weighted by Crippen LogP contribution is -2.38.